The summed E-state index contributed by atoms with van der Waals surface area (Å²) >= 11 is 0. The van der Waals surface area contributed by atoms with Gasteiger partial charge in [-0.2, -0.15) is 0 Å². The molecule has 5 heteroatoms. The van der Waals surface area contributed by atoms with E-state index in [4.69, 9.17) is 8.85 Å². The minimum absolute atomic E-state index is 0.0243. The Morgan fingerprint density at radius 3 is 3.14 bits per heavy atom. The molecule has 2 bridgehead atoms. The number of hydrogen-bond acceptors (Lipinski definition) is 4. The molecule has 1 aromatic carbocycles. The van der Waals surface area contributed by atoms with Crippen LogP contribution in [0, 0.1) is 11.1 Å². The molecule has 116 valence electrons. The van der Waals surface area contributed by atoms with Gasteiger partial charge in [0.2, 0.25) is 0 Å². The molecule has 0 amide bonds. The van der Waals surface area contributed by atoms with E-state index in [0.29, 0.717) is 18.6 Å². The Kier molecular flexibility index (Phi) is 1.71. The molecule has 0 aromatic heterocycles. The number of hydrogen-bond donors (Lipinski definition) is 2. The molecule has 2 aliphatic carbocycles. The summed E-state index contributed by atoms with van der Waals surface area (Å²) in [6, 6.07) is 2.62. The Morgan fingerprint density at radius 1 is 1.45 bits per heavy atom. The van der Waals surface area contributed by atoms with Gasteiger partial charge in [0, 0.05) is 24.3 Å². The number of ether oxygens (including phenoxy) is 1. The number of benzene rings is 1. The molecule has 1 spiro atoms. The topological polar surface area (TPSA) is 72.8 Å². The summed E-state index contributed by atoms with van der Waals surface area (Å²) in [5, 5.41) is 34.1. The molecule has 1 saturated heterocycles. The smallest absolute Gasteiger partial charge is 0.165 e. The van der Waals surface area contributed by atoms with E-state index in [1.54, 1.807) is 18.2 Å². The van der Waals surface area contributed by atoms with Crippen LogP contribution in [0.5, 0.6) is 11.5 Å². The fourth-order valence-electron chi connectivity index (χ4n) is 5.21. The molecule has 0 saturated carbocycles. The van der Waals surface area contributed by atoms with E-state index in [2.05, 4.69) is 0 Å². The van der Waals surface area contributed by atoms with Crippen LogP contribution in [0.15, 0.2) is 24.3 Å². The van der Waals surface area contributed by atoms with Crippen LogP contribution in [0.3, 0.4) is 0 Å². The zero-order valence-corrected chi connectivity index (χ0v) is 11.9. The maximum absolute atomic E-state index is 13.4. The third-order valence-electron chi connectivity index (χ3n) is 6.10. The SMILES string of the molecule is [2H]C([2H])([2H])[N+]1([O-])CC[C@]23c4c5ccc(O)c4O[C@H]2[C@@H](O)C=C[C@H]3[C@H]1C5. The average Bonchev–Trinajstić information content (AvgIpc) is 2.89. The number of phenolic OH excluding ortho intramolecular Hbond substituents is 1. The zero-order chi connectivity index (χ0) is 17.8. The van der Waals surface area contributed by atoms with Gasteiger partial charge in [-0.05, 0) is 11.6 Å². The second-order valence-electron chi connectivity index (χ2n) is 6.97. The summed E-state index contributed by atoms with van der Waals surface area (Å²) in [4.78, 5) is 0. The molecule has 6 atom stereocenters. The molecule has 5 rings (SSSR count). The molecular formula is C17H19NO4. The first-order valence-corrected chi connectivity index (χ1v) is 7.67. The maximum Gasteiger partial charge on any atom is 0.165 e. The second-order valence-corrected chi connectivity index (χ2v) is 6.97. The molecule has 2 N–H and O–H groups in total. The molecule has 1 fully saturated rings. The second kappa shape index (κ2) is 3.67. The number of aromatic hydroxyl groups is 1. The lowest BCUT2D eigenvalue weighted by Gasteiger charge is -2.61. The van der Waals surface area contributed by atoms with Crippen molar-refractivity contribution in [2.24, 2.45) is 5.92 Å². The van der Waals surface area contributed by atoms with Gasteiger partial charge < -0.3 is 24.8 Å². The first-order chi connectivity index (χ1) is 11.7. The highest BCUT2D eigenvalue weighted by atomic mass is 16.5. The van der Waals surface area contributed by atoms with Gasteiger partial charge in [-0.15, -0.1) is 0 Å². The molecule has 0 radical (unpaired) electrons. The number of quaternary nitrogens is 1. The third-order valence-corrected chi connectivity index (χ3v) is 6.10. The van der Waals surface area contributed by atoms with Crippen molar-refractivity contribution in [3.05, 3.63) is 40.6 Å². The zero-order valence-electron chi connectivity index (χ0n) is 14.9. The molecule has 1 unspecified atom stereocenters. The van der Waals surface area contributed by atoms with Gasteiger partial charge in [0.25, 0.3) is 0 Å². The largest absolute Gasteiger partial charge is 0.633 e. The Balaban J connectivity index is 1.79. The van der Waals surface area contributed by atoms with Crippen molar-refractivity contribution >= 4 is 0 Å². The van der Waals surface area contributed by atoms with Crippen molar-refractivity contribution in [1.29, 1.82) is 0 Å². The number of rotatable bonds is 0. The van der Waals surface area contributed by atoms with Crippen molar-refractivity contribution in [2.75, 3.05) is 13.5 Å². The summed E-state index contributed by atoms with van der Waals surface area (Å²) in [6.07, 6.45) is 2.59. The van der Waals surface area contributed by atoms with Gasteiger partial charge in [-0.3, -0.25) is 0 Å². The van der Waals surface area contributed by atoms with Gasteiger partial charge in [-0.25, -0.2) is 0 Å². The quantitative estimate of drug-likeness (QED) is 0.429. The number of hydroxylamine groups is 3. The van der Waals surface area contributed by atoms with E-state index < -0.39 is 35.3 Å². The van der Waals surface area contributed by atoms with Crippen LogP contribution >= 0.6 is 0 Å². The summed E-state index contributed by atoms with van der Waals surface area (Å²) in [6.45, 7) is -2.70. The normalized spacial score (nSPS) is 49.6. The highest BCUT2D eigenvalue weighted by Gasteiger charge is 2.66. The molecule has 2 aliphatic heterocycles. The van der Waals surface area contributed by atoms with Gasteiger partial charge in [0.1, 0.15) is 12.2 Å². The number of aliphatic hydroxyl groups excluding tert-OH is 1. The maximum atomic E-state index is 13.4. The standard InChI is InChI=1S/C17H19NO4/c1-18(21)7-6-17-10-3-5-13(20)16(17)22-15-12(19)4-2-9(14(15)17)8-11(10)18/h2-5,10-11,13,16,19-20H,6-8H2,1H3/t10-,11+,13-,16-,17-,18?/m0/s1/i1D3. The number of aliphatic hydroxyl groups is 1. The monoisotopic (exact) mass is 304 g/mol. The van der Waals surface area contributed by atoms with Crippen LogP contribution in [-0.2, 0) is 11.8 Å². The molecule has 2 heterocycles. The van der Waals surface area contributed by atoms with Crippen molar-refractivity contribution < 1.29 is 23.7 Å². The average molecular weight is 304 g/mol. The fraction of sp³-hybridized carbons (Fsp3) is 0.529. The van der Waals surface area contributed by atoms with E-state index in [9.17, 15) is 15.4 Å². The van der Waals surface area contributed by atoms with Crippen molar-refractivity contribution in [1.82, 2.24) is 0 Å². The summed E-state index contributed by atoms with van der Waals surface area (Å²) in [5.74, 6) is 0.0767. The summed E-state index contributed by atoms with van der Waals surface area (Å²) in [7, 11) is 0. The number of likely N-dealkylation sites (N-methyl/N-ethyl adjacent to an activating group) is 1. The van der Waals surface area contributed by atoms with Crippen LogP contribution in [0.25, 0.3) is 0 Å². The fourth-order valence-corrected chi connectivity index (χ4v) is 5.21. The lowest BCUT2D eigenvalue weighted by molar-refractivity contribution is -0.898. The van der Waals surface area contributed by atoms with E-state index in [-0.39, 0.29) is 18.2 Å². The van der Waals surface area contributed by atoms with Crippen LogP contribution < -0.4 is 4.74 Å². The number of phenols is 1. The van der Waals surface area contributed by atoms with Crippen molar-refractivity contribution in [2.45, 2.75) is 36.5 Å². The highest BCUT2D eigenvalue weighted by Crippen LogP contribution is 2.63. The number of piperidine rings is 1. The van der Waals surface area contributed by atoms with Gasteiger partial charge in [0.05, 0.1) is 29.1 Å². The minimum atomic E-state index is -2.65. The van der Waals surface area contributed by atoms with E-state index in [1.165, 1.54) is 6.07 Å². The van der Waals surface area contributed by atoms with Crippen molar-refractivity contribution in [3.63, 3.8) is 0 Å². The van der Waals surface area contributed by atoms with Crippen LogP contribution in [0.4, 0.5) is 0 Å². The van der Waals surface area contributed by atoms with Crippen LogP contribution in [0.1, 0.15) is 21.7 Å². The molecule has 5 nitrogen and oxygen atoms in total. The van der Waals surface area contributed by atoms with Crippen LogP contribution in [0.2, 0.25) is 0 Å². The van der Waals surface area contributed by atoms with E-state index in [0.717, 1.165) is 11.1 Å². The molecule has 1 aromatic rings. The number of likely N-dealkylation sites (tertiary alicyclic amines) is 1. The lowest BCUT2D eigenvalue weighted by atomic mass is 9.53. The van der Waals surface area contributed by atoms with Gasteiger partial charge >= 0.3 is 0 Å². The predicted octanol–water partition coefficient (Wildman–Crippen LogP) is 1.21. The Bertz CT molecular complexity index is 810. The number of nitrogens with zero attached hydrogens (tertiary/aromatic N) is 1. The minimum Gasteiger partial charge on any atom is -0.633 e. The highest BCUT2D eigenvalue weighted by molar-refractivity contribution is 5.61. The first-order valence-electron chi connectivity index (χ1n) is 9.17. The van der Waals surface area contributed by atoms with Gasteiger partial charge in [0.15, 0.2) is 11.5 Å². The molecular weight excluding hydrogens is 282 g/mol. The lowest BCUT2D eigenvalue weighted by Crippen LogP contribution is -2.69. The Hall–Kier alpha value is -1.56. The van der Waals surface area contributed by atoms with E-state index >= 15 is 0 Å². The Labute approximate surface area is 132 Å². The van der Waals surface area contributed by atoms with Gasteiger partial charge in [-0.1, -0.05) is 18.2 Å². The molecule has 4 aliphatic rings. The summed E-state index contributed by atoms with van der Waals surface area (Å²) < 4.78 is 28.2. The molecule has 22 heavy (non-hydrogen) atoms. The van der Waals surface area contributed by atoms with Crippen LogP contribution in [-0.4, -0.2) is 46.6 Å². The van der Waals surface area contributed by atoms with Crippen molar-refractivity contribution in [3.8, 4) is 11.5 Å². The first kappa shape index (κ1) is 10.3. The summed E-state index contributed by atoms with van der Waals surface area (Å²) in [5.41, 5.74) is 1.07. The third kappa shape index (κ3) is 1.23. The van der Waals surface area contributed by atoms with E-state index in [1.807, 2.05) is 0 Å². The predicted molar refractivity (Wildman–Crippen MR) is 79.4 cm³/mol. The Morgan fingerprint density at radius 2 is 2.32 bits per heavy atom.